The van der Waals surface area contributed by atoms with Crippen LogP contribution in [0.5, 0.6) is 5.75 Å². The van der Waals surface area contributed by atoms with Crippen LogP contribution in [0.3, 0.4) is 0 Å². The third-order valence-corrected chi connectivity index (χ3v) is 9.32. The molecule has 1 aliphatic heterocycles. The molecule has 2 amide bonds. The Bertz CT molecular complexity index is 1420. The number of halogens is 5. The van der Waals surface area contributed by atoms with Crippen molar-refractivity contribution in [1.29, 1.82) is 0 Å². The second-order valence-electron chi connectivity index (χ2n) is 9.59. The SMILES string of the molecule is CCS(=O)(=O)c1c(CNC(=O)c2cc(Cl)c(CN3CCC[C@H](N(C)C(=O)O)C3)c(C(F)(F)F)c2)cc(Cl)cc1OC. The van der Waals surface area contributed by atoms with Gasteiger partial charge in [0.15, 0.2) is 9.84 Å². The fourth-order valence-corrected chi connectivity index (χ4v) is 6.51. The first-order chi connectivity index (χ1) is 19.1. The Kier molecular flexibility index (Phi) is 10.4. The zero-order valence-corrected chi connectivity index (χ0v) is 24.8. The Morgan fingerprint density at radius 2 is 1.90 bits per heavy atom. The van der Waals surface area contributed by atoms with Crippen LogP contribution in [-0.2, 0) is 29.1 Å². The highest BCUT2D eigenvalue weighted by Gasteiger charge is 2.37. The Balaban J connectivity index is 1.90. The van der Waals surface area contributed by atoms with E-state index in [2.05, 4.69) is 5.32 Å². The van der Waals surface area contributed by atoms with Crippen LogP contribution in [0.15, 0.2) is 29.2 Å². The molecule has 15 heteroatoms. The number of hydrogen-bond donors (Lipinski definition) is 2. The first kappa shape index (κ1) is 32.8. The summed E-state index contributed by atoms with van der Waals surface area (Å²) < 4.78 is 73.0. The van der Waals surface area contributed by atoms with Gasteiger partial charge in [-0.3, -0.25) is 9.69 Å². The van der Waals surface area contributed by atoms with Gasteiger partial charge in [-0.05, 0) is 48.7 Å². The largest absolute Gasteiger partial charge is 0.495 e. The summed E-state index contributed by atoms with van der Waals surface area (Å²) in [5, 5.41) is 11.6. The number of likely N-dealkylation sites (N-methyl/N-ethyl adjacent to an activating group) is 1. The second kappa shape index (κ2) is 13.1. The molecule has 41 heavy (non-hydrogen) atoms. The average Bonchev–Trinajstić information content (AvgIpc) is 2.91. The molecular formula is C26H30Cl2F3N3O6S. The smallest absolute Gasteiger partial charge is 0.416 e. The van der Waals surface area contributed by atoms with Gasteiger partial charge in [0.2, 0.25) is 0 Å². The minimum absolute atomic E-state index is 0.0233. The van der Waals surface area contributed by atoms with E-state index in [0.717, 1.165) is 11.0 Å². The molecule has 2 N–H and O–H groups in total. The molecule has 226 valence electrons. The number of rotatable bonds is 9. The maximum atomic E-state index is 14.1. The third kappa shape index (κ3) is 7.76. The number of benzene rings is 2. The first-order valence-electron chi connectivity index (χ1n) is 12.5. The predicted molar refractivity (Wildman–Crippen MR) is 147 cm³/mol. The summed E-state index contributed by atoms with van der Waals surface area (Å²) in [5.74, 6) is -1.20. The highest BCUT2D eigenvalue weighted by molar-refractivity contribution is 7.91. The van der Waals surface area contributed by atoms with Gasteiger partial charge < -0.3 is 20.1 Å². The summed E-state index contributed by atoms with van der Waals surface area (Å²) in [6, 6.07) is 4.08. The second-order valence-corrected chi connectivity index (χ2v) is 12.6. The number of ether oxygens (including phenoxy) is 1. The van der Waals surface area contributed by atoms with E-state index in [1.165, 1.54) is 33.2 Å². The number of carbonyl (C=O) groups is 2. The molecule has 3 rings (SSSR count). The van der Waals surface area contributed by atoms with Crippen LogP contribution in [0.4, 0.5) is 18.0 Å². The lowest BCUT2D eigenvalue weighted by Crippen LogP contribution is -2.48. The lowest BCUT2D eigenvalue weighted by molar-refractivity contribution is -0.138. The molecule has 1 atom stereocenters. The van der Waals surface area contributed by atoms with Crippen LogP contribution in [0.25, 0.3) is 0 Å². The van der Waals surface area contributed by atoms with Crippen molar-refractivity contribution < 1.29 is 41.0 Å². The predicted octanol–water partition coefficient (Wildman–Crippen LogP) is 5.32. The number of hydrogen-bond acceptors (Lipinski definition) is 6. The zero-order valence-electron chi connectivity index (χ0n) is 22.5. The fraction of sp³-hybridized carbons (Fsp3) is 0.462. The van der Waals surface area contributed by atoms with E-state index >= 15 is 0 Å². The van der Waals surface area contributed by atoms with Crippen molar-refractivity contribution in [3.8, 4) is 5.75 Å². The van der Waals surface area contributed by atoms with Crippen LogP contribution >= 0.6 is 23.2 Å². The summed E-state index contributed by atoms with van der Waals surface area (Å²) in [7, 11) is -1.13. The van der Waals surface area contributed by atoms with E-state index in [1.807, 2.05) is 0 Å². The number of carbonyl (C=O) groups excluding carboxylic acids is 1. The number of sulfone groups is 1. The van der Waals surface area contributed by atoms with Crippen molar-refractivity contribution in [2.75, 3.05) is 33.0 Å². The van der Waals surface area contributed by atoms with Crippen LogP contribution in [0.1, 0.15) is 46.8 Å². The van der Waals surface area contributed by atoms with Crippen LogP contribution in [-0.4, -0.2) is 74.4 Å². The highest BCUT2D eigenvalue weighted by Crippen LogP contribution is 2.38. The lowest BCUT2D eigenvalue weighted by atomic mass is 9.99. The highest BCUT2D eigenvalue weighted by atomic mass is 35.5. The lowest BCUT2D eigenvalue weighted by Gasteiger charge is -2.37. The zero-order chi connectivity index (χ0) is 30.7. The van der Waals surface area contributed by atoms with Crippen molar-refractivity contribution in [2.24, 2.45) is 0 Å². The normalized spacial score (nSPS) is 16.3. The third-order valence-electron chi connectivity index (χ3n) is 6.92. The monoisotopic (exact) mass is 639 g/mol. The van der Waals surface area contributed by atoms with Crippen molar-refractivity contribution in [2.45, 2.75) is 50.0 Å². The fourth-order valence-electron chi connectivity index (χ4n) is 4.73. The summed E-state index contributed by atoms with van der Waals surface area (Å²) in [6.45, 7) is 1.55. The molecular weight excluding hydrogens is 610 g/mol. The Labute approximate surface area is 246 Å². The number of nitrogens with one attached hydrogen (secondary N) is 1. The number of alkyl halides is 3. The minimum Gasteiger partial charge on any atom is -0.495 e. The molecule has 0 aliphatic carbocycles. The quantitative estimate of drug-likeness (QED) is 0.381. The van der Waals surface area contributed by atoms with E-state index in [-0.39, 0.29) is 68.8 Å². The van der Waals surface area contributed by atoms with Gasteiger partial charge in [-0.1, -0.05) is 30.1 Å². The number of likely N-dealkylation sites (tertiary alicyclic amines) is 1. The maximum absolute atomic E-state index is 14.1. The molecule has 0 unspecified atom stereocenters. The number of methoxy groups -OCH3 is 1. The van der Waals surface area contributed by atoms with Gasteiger partial charge in [-0.2, -0.15) is 13.2 Å². The average molecular weight is 641 g/mol. The summed E-state index contributed by atoms with van der Waals surface area (Å²) in [6.07, 6.45) is -4.80. The van der Waals surface area contributed by atoms with Crippen molar-refractivity contribution >= 4 is 45.0 Å². The molecule has 0 bridgehead atoms. The standard InChI is InChI=1S/C26H30Cl2F3N3O6S/c1-4-41(38,39)23-16(8-17(27)11-22(23)40-3)12-32-24(35)15-9-20(26(29,30)31)19(21(28)10-15)14-34-7-5-6-18(13-34)33(2)25(36)37/h8-11,18H,4-7,12-14H2,1-3H3,(H,32,35)(H,36,37)/t18-/m0/s1. The molecule has 2 aromatic rings. The number of piperidine rings is 1. The summed E-state index contributed by atoms with van der Waals surface area (Å²) >= 11 is 12.4. The van der Waals surface area contributed by atoms with Gasteiger partial charge in [0, 0.05) is 54.4 Å². The van der Waals surface area contributed by atoms with E-state index < -0.39 is 33.6 Å². The molecule has 0 aromatic heterocycles. The van der Waals surface area contributed by atoms with E-state index in [1.54, 1.807) is 4.90 Å². The number of amides is 2. The number of carboxylic acid groups (broad SMARTS) is 1. The molecule has 0 saturated carbocycles. The van der Waals surface area contributed by atoms with Crippen molar-refractivity contribution in [1.82, 2.24) is 15.1 Å². The minimum atomic E-state index is -4.84. The molecule has 0 spiro atoms. The molecule has 1 aliphatic rings. The molecule has 1 fully saturated rings. The summed E-state index contributed by atoms with van der Waals surface area (Å²) in [4.78, 5) is 27.0. The van der Waals surface area contributed by atoms with Gasteiger partial charge in [0.05, 0.1) is 18.4 Å². The number of nitrogens with zero attached hydrogens (tertiary/aromatic N) is 2. The topological polar surface area (TPSA) is 116 Å². The molecule has 1 heterocycles. The van der Waals surface area contributed by atoms with Gasteiger partial charge >= 0.3 is 12.3 Å². The molecule has 9 nitrogen and oxygen atoms in total. The van der Waals surface area contributed by atoms with Gasteiger partial charge in [0.1, 0.15) is 10.6 Å². The summed E-state index contributed by atoms with van der Waals surface area (Å²) in [5.41, 5.74) is -1.59. The van der Waals surface area contributed by atoms with Gasteiger partial charge in [-0.15, -0.1) is 0 Å². The molecule has 0 radical (unpaired) electrons. The molecule has 2 aromatic carbocycles. The van der Waals surface area contributed by atoms with Gasteiger partial charge in [-0.25, -0.2) is 13.2 Å². The Morgan fingerprint density at radius 1 is 1.22 bits per heavy atom. The van der Waals surface area contributed by atoms with Crippen LogP contribution < -0.4 is 10.1 Å². The maximum Gasteiger partial charge on any atom is 0.416 e. The van der Waals surface area contributed by atoms with Gasteiger partial charge in [0.25, 0.3) is 5.91 Å². The van der Waals surface area contributed by atoms with E-state index in [4.69, 9.17) is 27.9 Å². The van der Waals surface area contributed by atoms with E-state index in [0.29, 0.717) is 25.5 Å². The van der Waals surface area contributed by atoms with Crippen LogP contribution in [0.2, 0.25) is 10.0 Å². The Morgan fingerprint density at radius 3 is 2.49 bits per heavy atom. The van der Waals surface area contributed by atoms with E-state index in [9.17, 15) is 36.3 Å². The Hall–Kier alpha value is -2.74. The first-order valence-corrected chi connectivity index (χ1v) is 14.9. The van der Waals surface area contributed by atoms with Crippen LogP contribution in [0, 0.1) is 0 Å². The van der Waals surface area contributed by atoms with Crippen molar-refractivity contribution in [3.05, 3.63) is 56.6 Å². The molecule has 1 saturated heterocycles. The van der Waals surface area contributed by atoms with Crippen molar-refractivity contribution in [3.63, 3.8) is 0 Å².